The van der Waals surface area contributed by atoms with Gasteiger partial charge in [-0.25, -0.2) is 0 Å². The van der Waals surface area contributed by atoms with E-state index in [2.05, 4.69) is 0 Å². The third-order valence-corrected chi connectivity index (χ3v) is 2.32. The molecule has 0 saturated heterocycles. The Kier molecular flexibility index (Phi) is 1.95. The van der Waals surface area contributed by atoms with Crippen LogP contribution in [0.2, 0.25) is 5.02 Å². The van der Waals surface area contributed by atoms with E-state index >= 15 is 0 Å². The van der Waals surface area contributed by atoms with E-state index in [0.717, 1.165) is 5.56 Å². The number of ether oxygens (including phenoxy) is 1. The number of hydrogen-bond acceptors (Lipinski definition) is 2. The van der Waals surface area contributed by atoms with Crippen LogP contribution in [0.4, 0.5) is 0 Å². The quantitative estimate of drug-likeness (QED) is 0.670. The van der Waals surface area contributed by atoms with Gasteiger partial charge in [0.15, 0.2) is 0 Å². The molecule has 0 amide bonds. The second-order valence-electron chi connectivity index (χ2n) is 2.80. The maximum Gasteiger partial charge on any atom is 0.126 e. The van der Waals surface area contributed by atoms with Crippen LogP contribution in [-0.4, -0.2) is 11.7 Å². The highest BCUT2D eigenvalue weighted by molar-refractivity contribution is 6.31. The molecular formula is C9H9ClO2. The van der Waals surface area contributed by atoms with Crippen molar-refractivity contribution in [2.45, 2.75) is 12.5 Å². The molecule has 64 valence electrons. The first-order valence-electron chi connectivity index (χ1n) is 3.88. The zero-order chi connectivity index (χ0) is 8.55. The summed E-state index contributed by atoms with van der Waals surface area (Å²) < 4.78 is 5.33. The molecule has 2 nitrogen and oxygen atoms in total. The van der Waals surface area contributed by atoms with Crippen LogP contribution in [0.3, 0.4) is 0 Å². The molecule has 0 fully saturated rings. The molecule has 0 radical (unpaired) electrons. The average molecular weight is 185 g/mol. The van der Waals surface area contributed by atoms with Crippen LogP contribution >= 0.6 is 11.6 Å². The molecule has 0 aliphatic carbocycles. The molecule has 12 heavy (non-hydrogen) atoms. The Labute approximate surface area is 75.7 Å². The molecule has 1 atom stereocenters. The summed E-state index contributed by atoms with van der Waals surface area (Å²) in [5, 5.41) is 10.2. The van der Waals surface area contributed by atoms with Gasteiger partial charge in [0, 0.05) is 12.0 Å². The molecule has 0 saturated carbocycles. The van der Waals surface area contributed by atoms with E-state index in [-0.39, 0.29) is 0 Å². The van der Waals surface area contributed by atoms with Crippen molar-refractivity contribution < 1.29 is 9.84 Å². The van der Waals surface area contributed by atoms with Gasteiger partial charge in [-0.05, 0) is 12.1 Å². The standard InChI is InChI=1S/C9H9ClO2/c10-6-2-1-3-8-9(6)7(11)4-5-12-8/h1-3,7,11H,4-5H2/t7-/m1/s1. The molecule has 0 aromatic heterocycles. The van der Waals surface area contributed by atoms with E-state index in [1.165, 1.54) is 0 Å². The molecular weight excluding hydrogens is 176 g/mol. The first-order chi connectivity index (χ1) is 5.79. The molecule has 0 unspecified atom stereocenters. The van der Waals surface area contributed by atoms with Crippen LogP contribution < -0.4 is 4.74 Å². The zero-order valence-corrected chi connectivity index (χ0v) is 7.21. The maximum atomic E-state index is 9.58. The fraction of sp³-hybridized carbons (Fsp3) is 0.333. The van der Waals surface area contributed by atoms with Crippen LogP contribution in [0.15, 0.2) is 18.2 Å². The van der Waals surface area contributed by atoms with Gasteiger partial charge in [-0.15, -0.1) is 0 Å². The fourth-order valence-corrected chi connectivity index (χ4v) is 1.68. The van der Waals surface area contributed by atoms with Crippen LogP contribution in [0.25, 0.3) is 0 Å². The Bertz CT molecular complexity index is 299. The van der Waals surface area contributed by atoms with Crippen molar-refractivity contribution in [1.29, 1.82) is 0 Å². The predicted molar refractivity (Wildman–Crippen MR) is 46.5 cm³/mol. The van der Waals surface area contributed by atoms with E-state index < -0.39 is 6.10 Å². The van der Waals surface area contributed by atoms with E-state index in [1.807, 2.05) is 12.1 Å². The minimum Gasteiger partial charge on any atom is -0.493 e. The summed E-state index contributed by atoms with van der Waals surface area (Å²) in [4.78, 5) is 0. The Morgan fingerprint density at radius 2 is 2.33 bits per heavy atom. The first kappa shape index (κ1) is 7.90. The largest absolute Gasteiger partial charge is 0.493 e. The number of fused-ring (bicyclic) bond motifs is 1. The van der Waals surface area contributed by atoms with Crippen molar-refractivity contribution in [1.82, 2.24) is 0 Å². The van der Waals surface area contributed by atoms with Crippen LogP contribution in [0, 0.1) is 0 Å². The van der Waals surface area contributed by atoms with Gasteiger partial charge in [0.2, 0.25) is 0 Å². The van der Waals surface area contributed by atoms with Crippen molar-refractivity contribution in [2.24, 2.45) is 0 Å². The Hall–Kier alpha value is -0.730. The van der Waals surface area contributed by atoms with Crippen molar-refractivity contribution in [3.05, 3.63) is 28.8 Å². The monoisotopic (exact) mass is 184 g/mol. The first-order valence-corrected chi connectivity index (χ1v) is 4.26. The third kappa shape index (κ3) is 1.17. The van der Waals surface area contributed by atoms with E-state index in [9.17, 15) is 5.11 Å². The van der Waals surface area contributed by atoms with Crippen molar-refractivity contribution in [2.75, 3.05) is 6.61 Å². The lowest BCUT2D eigenvalue weighted by Gasteiger charge is -2.22. The summed E-state index contributed by atoms with van der Waals surface area (Å²) in [7, 11) is 0. The molecule has 0 spiro atoms. The van der Waals surface area contributed by atoms with E-state index in [0.29, 0.717) is 23.8 Å². The van der Waals surface area contributed by atoms with Crippen LogP contribution in [-0.2, 0) is 0 Å². The minimum atomic E-state index is -0.470. The van der Waals surface area contributed by atoms with Crippen LogP contribution in [0.1, 0.15) is 18.1 Å². The Morgan fingerprint density at radius 1 is 1.50 bits per heavy atom. The lowest BCUT2D eigenvalue weighted by molar-refractivity contribution is 0.115. The smallest absolute Gasteiger partial charge is 0.126 e. The summed E-state index contributed by atoms with van der Waals surface area (Å²) in [6, 6.07) is 5.40. The maximum absolute atomic E-state index is 9.58. The van der Waals surface area contributed by atoms with Crippen molar-refractivity contribution >= 4 is 11.6 Å². The summed E-state index contributed by atoms with van der Waals surface area (Å²) >= 11 is 5.90. The Morgan fingerprint density at radius 3 is 3.08 bits per heavy atom. The molecule has 1 aliphatic rings. The van der Waals surface area contributed by atoms with Gasteiger partial charge in [0.05, 0.1) is 17.7 Å². The average Bonchev–Trinajstić information content (AvgIpc) is 2.04. The van der Waals surface area contributed by atoms with Gasteiger partial charge in [0.25, 0.3) is 0 Å². The summed E-state index contributed by atoms with van der Waals surface area (Å²) in [6.45, 7) is 0.564. The van der Waals surface area contributed by atoms with Crippen molar-refractivity contribution in [3.63, 3.8) is 0 Å². The predicted octanol–water partition coefficient (Wildman–Crippen LogP) is 2.16. The number of aliphatic hydroxyl groups is 1. The highest BCUT2D eigenvalue weighted by atomic mass is 35.5. The Balaban J connectivity index is 2.53. The van der Waals surface area contributed by atoms with Gasteiger partial charge in [-0.3, -0.25) is 0 Å². The normalized spacial score (nSPS) is 21.3. The van der Waals surface area contributed by atoms with Crippen LogP contribution in [0.5, 0.6) is 5.75 Å². The second kappa shape index (κ2) is 2.96. The van der Waals surface area contributed by atoms with E-state index in [1.54, 1.807) is 6.07 Å². The second-order valence-corrected chi connectivity index (χ2v) is 3.21. The molecule has 1 aromatic carbocycles. The third-order valence-electron chi connectivity index (χ3n) is 1.99. The number of rotatable bonds is 0. The SMILES string of the molecule is O[C@@H]1CCOc2cccc(Cl)c21. The number of halogens is 1. The molecule has 3 heteroatoms. The molecule has 1 aliphatic heterocycles. The molecule has 0 bridgehead atoms. The summed E-state index contributed by atoms with van der Waals surface area (Å²) in [5.74, 6) is 0.709. The number of benzene rings is 1. The molecule has 2 rings (SSSR count). The topological polar surface area (TPSA) is 29.5 Å². The number of aliphatic hydroxyl groups excluding tert-OH is 1. The molecule has 1 N–H and O–H groups in total. The van der Waals surface area contributed by atoms with Gasteiger partial charge in [-0.1, -0.05) is 17.7 Å². The van der Waals surface area contributed by atoms with Gasteiger partial charge < -0.3 is 9.84 Å². The molecule has 1 heterocycles. The van der Waals surface area contributed by atoms with E-state index in [4.69, 9.17) is 16.3 Å². The van der Waals surface area contributed by atoms with Gasteiger partial charge >= 0.3 is 0 Å². The minimum absolute atomic E-state index is 0.470. The lowest BCUT2D eigenvalue weighted by Crippen LogP contribution is -2.13. The summed E-state index contributed by atoms with van der Waals surface area (Å²) in [6.07, 6.45) is 0.152. The fourth-order valence-electron chi connectivity index (χ4n) is 1.39. The highest BCUT2D eigenvalue weighted by Crippen LogP contribution is 2.36. The molecule has 1 aromatic rings. The number of hydrogen-bond donors (Lipinski definition) is 1. The highest BCUT2D eigenvalue weighted by Gasteiger charge is 2.21. The summed E-state index contributed by atoms with van der Waals surface area (Å²) in [5.41, 5.74) is 0.727. The van der Waals surface area contributed by atoms with Gasteiger partial charge in [0.1, 0.15) is 5.75 Å². The van der Waals surface area contributed by atoms with Gasteiger partial charge in [-0.2, -0.15) is 0 Å². The zero-order valence-electron chi connectivity index (χ0n) is 6.46. The lowest BCUT2D eigenvalue weighted by atomic mass is 10.0. The van der Waals surface area contributed by atoms with Crippen molar-refractivity contribution in [3.8, 4) is 5.75 Å².